The molecule has 5 nitrogen and oxygen atoms in total. The molecule has 0 unspecified atom stereocenters. The molecule has 0 atom stereocenters. The van der Waals surface area contributed by atoms with Crippen LogP contribution in [0.5, 0.6) is 0 Å². The first-order valence-electron chi connectivity index (χ1n) is 5.62. The van der Waals surface area contributed by atoms with Gasteiger partial charge in [-0.1, -0.05) is 18.2 Å². The van der Waals surface area contributed by atoms with Crippen molar-refractivity contribution in [3.8, 4) is 11.4 Å². The lowest BCUT2D eigenvalue weighted by molar-refractivity contribution is 0.178. The molecule has 0 fully saturated rings. The van der Waals surface area contributed by atoms with E-state index in [9.17, 15) is 0 Å². The summed E-state index contributed by atoms with van der Waals surface area (Å²) in [7, 11) is 1.63. The van der Waals surface area contributed by atoms with Crippen molar-refractivity contribution in [3.05, 3.63) is 42.5 Å². The lowest BCUT2D eigenvalue weighted by Crippen LogP contribution is -1.89. The largest absolute Gasteiger partial charge is 0.377 e. The second-order valence-corrected chi connectivity index (χ2v) is 3.94. The summed E-state index contributed by atoms with van der Waals surface area (Å²) < 4.78 is 5.02. The molecule has 0 aliphatic carbocycles. The van der Waals surface area contributed by atoms with Crippen LogP contribution in [0.1, 0.15) is 5.82 Å². The van der Waals surface area contributed by atoms with Gasteiger partial charge in [0.05, 0.1) is 0 Å². The topological polar surface area (TPSA) is 63.7 Å². The van der Waals surface area contributed by atoms with Crippen LogP contribution in [-0.2, 0) is 11.3 Å². The number of methoxy groups -OCH3 is 1. The van der Waals surface area contributed by atoms with Gasteiger partial charge in [-0.15, -0.1) is 0 Å². The minimum absolute atomic E-state index is 0.430. The first-order chi connectivity index (χ1) is 8.88. The third-order valence-corrected chi connectivity index (χ3v) is 2.73. The Morgan fingerprint density at radius 3 is 3.11 bits per heavy atom. The number of aromatic nitrogens is 4. The van der Waals surface area contributed by atoms with Crippen LogP contribution < -0.4 is 0 Å². The third-order valence-electron chi connectivity index (χ3n) is 2.73. The Morgan fingerprint density at radius 1 is 1.28 bits per heavy atom. The lowest BCUT2D eigenvalue weighted by Gasteiger charge is -2.01. The number of rotatable bonds is 3. The van der Waals surface area contributed by atoms with Crippen LogP contribution in [0.3, 0.4) is 0 Å². The van der Waals surface area contributed by atoms with Gasteiger partial charge in [-0.3, -0.25) is 10.1 Å². The zero-order valence-corrected chi connectivity index (χ0v) is 9.92. The molecule has 0 spiro atoms. The van der Waals surface area contributed by atoms with E-state index in [-0.39, 0.29) is 0 Å². The molecule has 2 heterocycles. The minimum atomic E-state index is 0.430. The van der Waals surface area contributed by atoms with E-state index in [0.29, 0.717) is 12.4 Å². The number of hydrogen-bond donors (Lipinski definition) is 1. The van der Waals surface area contributed by atoms with Gasteiger partial charge in [-0.2, -0.15) is 5.10 Å². The van der Waals surface area contributed by atoms with Crippen molar-refractivity contribution in [2.45, 2.75) is 6.61 Å². The van der Waals surface area contributed by atoms with E-state index in [1.54, 1.807) is 13.3 Å². The number of H-pyrrole nitrogens is 1. The van der Waals surface area contributed by atoms with E-state index in [1.165, 1.54) is 0 Å². The minimum Gasteiger partial charge on any atom is -0.377 e. The van der Waals surface area contributed by atoms with Gasteiger partial charge >= 0.3 is 0 Å². The Morgan fingerprint density at radius 2 is 2.22 bits per heavy atom. The summed E-state index contributed by atoms with van der Waals surface area (Å²) in [6.45, 7) is 0.430. The highest BCUT2D eigenvalue weighted by molar-refractivity contribution is 5.94. The van der Waals surface area contributed by atoms with Crippen molar-refractivity contribution in [2.75, 3.05) is 7.11 Å². The maximum absolute atomic E-state index is 5.02. The Bertz CT molecular complexity index is 672. The van der Waals surface area contributed by atoms with Crippen LogP contribution in [0.15, 0.2) is 36.7 Å². The predicted molar refractivity (Wildman–Crippen MR) is 67.8 cm³/mol. The number of fused-ring (bicyclic) bond motifs is 1. The van der Waals surface area contributed by atoms with E-state index < -0.39 is 0 Å². The van der Waals surface area contributed by atoms with E-state index >= 15 is 0 Å². The zero-order valence-electron chi connectivity index (χ0n) is 9.92. The SMILES string of the molecule is COCc1nc(-c2cccc3cnccc23)n[nH]1. The zero-order chi connectivity index (χ0) is 12.4. The van der Waals surface area contributed by atoms with Crippen LogP contribution in [0.2, 0.25) is 0 Å². The molecule has 1 N–H and O–H groups in total. The Hall–Kier alpha value is -2.27. The van der Waals surface area contributed by atoms with Gasteiger partial charge < -0.3 is 4.74 Å². The monoisotopic (exact) mass is 240 g/mol. The van der Waals surface area contributed by atoms with Crippen LogP contribution in [0.4, 0.5) is 0 Å². The predicted octanol–water partition coefficient (Wildman–Crippen LogP) is 2.17. The van der Waals surface area contributed by atoms with Gasteiger partial charge in [0, 0.05) is 30.5 Å². The van der Waals surface area contributed by atoms with Crippen molar-refractivity contribution in [1.29, 1.82) is 0 Å². The van der Waals surface area contributed by atoms with Crippen molar-refractivity contribution >= 4 is 10.8 Å². The van der Waals surface area contributed by atoms with Crippen molar-refractivity contribution in [1.82, 2.24) is 20.2 Å². The molecule has 3 aromatic rings. The number of benzene rings is 1. The number of hydrogen-bond acceptors (Lipinski definition) is 4. The molecular weight excluding hydrogens is 228 g/mol. The molecular formula is C13H12N4O. The first kappa shape index (κ1) is 10.9. The summed E-state index contributed by atoms with van der Waals surface area (Å²) in [4.78, 5) is 8.52. The summed E-state index contributed by atoms with van der Waals surface area (Å²) in [5, 5.41) is 9.26. The molecule has 0 saturated carbocycles. The van der Waals surface area contributed by atoms with E-state index in [0.717, 1.165) is 22.2 Å². The average molecular weight is 240 g/mol. The van der Waals surface area contributed by atoms with Gasteiger partial charge in [0.1, 0.15) is 6.61 Å². The fourth-order valence-corrected chi connectivity index (χ4v) is 1.93. The number of aromatic amines is 1. The Kier molecular flexibility index (Phi) is 2.74. The van der Waals surface area contributed by atoms with Crippen molar-refractivity contribution in [2.24, 2.45) is 0 Å². The number of nitrogens with one attached hydrogen (secondary N) is 1. The molecule has 0 aliphatic rings. The smallest absolute Gasteiger partial charge is 0.181 e. The molecule has 2 aromatic heterocycles. The molecule has 0 saturated heterocycles. The summed E-state index contributed by atoms with van der Waals surface area (Å²) in [6, 6.07) is 7.97. The van der Waals surface area contributed by atoms with Gasteiger partial charge in [-0.05, 0) is 11.5 Å². The summed E-state index contributed by atoms with van der Waals surface area (Å²) in [5.74, 6) is 1.40. The maximum Gasteiger partial charge on any atom is 0.181 e. The summed E-state index contributed by atoms with van der Waals surface area (Å²) in [5.41, 5.74) is 0.994. The van der Waals surface area contributed by atoms with Crippen LogP contribution in [0, 0.1) is 0 Å². The summed E-state index contributed by atoms with van der Waals surface area (Å²) in [6.07, 6.45) is 3.61. The van der Waals surface area contributed by atoms with Gasteiger partial charge in [-0.25, -0.2) is 4.98 Å². The fourth-order valence-electron chi connectivity index (χ4n) is 1.93. The lowest BCUT2D eigenvalue weighted by atomic mass is 10.1. The molecule has 1 aromatic carbocycles. The van der Waals surface area contributed by atoms with Crippen molar-refractivity contribution < 1.29 is 4.74 Å². The van der Waals surface area contributed by atoms with E-state index in [2.05, 4.69) is 20.2 Å². The summed E-state index contributed by atoms with van der Waals surface area (Å²) >= 11 is 0. The molecule has 18 heavy (non-hydrogen) atoms. The third kappa shape index (κ3) is 1.84. The number of ether oxygens (including phenoxy) is 1. The standard InChI is InChI=1S/C13H12N4O/c1-18-8-12-15-13(17-16-12)11-4-2-3-9-7-14-6-5-10(9)11/h2-7H,8H2,1H3,(H,15,16,17). The quantitative estimate of drug-likeness (QED) is 0.762. The second-order valence-electron chi connectivity index (χ2n) is 3.94. The molecule has 0 amide bonds. The number of pyridine rings is 1. The number of nitrogens with zero attached hydrogens (tertiary/aromatic N) is 3. The fraction of sp³-hybridized carbons (Fsp3) is 0.154. The Labute approximate surface area is 104 Å². The van der Waals surface area contributed by atoms with Crippen LogP contribution in [0.25, 0.3) is 22.2 Å². The van der Waals surface area contributed by atoms with E-state index in [1.807, 2.05) is 30.5 Å². The molecule has 3 rings (SSSR count). The molecule has 0 bridgehead atoms. The van der Waals surface area contributed by atoms with E-state index in [4.69, 9.17) is 4.74 Å². The average Bonchev–Trinajstić information content (AvgIpc) is 2.87. The van der Waals surface area contributed by atoms with Crippen LogP contribution in [-0.4, -0.2) is 27.3 Å². The first-order valence-corrected chi connectivity index (χ1v) is 5.62. The van der Waals surface area contributed by atoms with Gasteiger partial charge in [0.15, 0.2) is 11.6 Å². The molecule has 0 aliphatic heterocycles. The molecule has 0 radical (unpaired) electrons. The second kappa shape index (κ2) is 4.54. The van der Waals surface area contributed by atoms with Gasteiger partial charge in [0.25, 0.3) is 0 Å². The molecule has 5 heteroatoms. The highest BCUT2D eigenvalue weighted by Crippen LogP contribution is 2.25. The normalized spacial score (nSPS) is 10.9. The Balaban J connectivity index is 2.12. The van der Waals surface area contributed by atoms with Gasteiger partial charge in [0.2, 0.25) is 0 Å². The highest BCUT2D eigenvalue weighted by Gasteiger charge is 2.09. The highest BCUT2D eigenvalue weighted by atomic mass is 16.5. The van der Waals surface area contributed by atoms with Crippen LogP contribution >= 0.6 is 0 Å². The molecule has 90 valence electrons. The van der Waals surface area contributed by atoms with Crippen molar-refractivity contribution in [3.63, 3.8) is 0 Å². The maximum atomic E-state index is 5.02.